The lowest BCUT2D eigenvalue weighted by Crippen LogP contribution is -2.48. The van der Waals surface area contributed by atoms with Gasteiger partial charge in [0, 0.05) is 6.42 Å². The fraction of sp³-hybridized carbons (Fsp3) is 0.917. The van der Waals surface area contributed by atoms with Crippen molar-refractivity contribution in [2.45, 2.75) is 57.9 Å². The van der Waals surface area contributed by atoms with Crippen LogP contribution in [0, 0.1) is 5.92 Å². The summed E-state index contributed by atoms with van der Waals surface area (Å²) in [6.45, 7) is 5.51. The Hall–Kier alpha value is -0.780. The van der Waals surface area contributed by atoms with Gasteiger partial charge in [0.2, 0.25) is 0 Å². The summed E-state index contributed by atoms with van der Waals surface area (Å²) in [5, 5.41) is 2.44. The molecule has 1 N–H and O–H groups in total. The fourth-order valence-corrected chi connectivity index (χ4v) is 1.99. The van der Waals surface area contributed by atoms with Crippen LogP contribution in [0.5, 0.6) is 0 Å². The highest BCUT2D eigenvalue weighted by molar-refractivity contribution is 5.70. The van der Waals surface area contributed by atoms with Gasteiger partial charge in [-0.3, -0.25) is 4.79 Å². The fourth-order valence-electron chi connectivity index (χ4n) is 1.99. The largest absolute Gasteiger partial charge is 0.460 e. The maximum atomic E-state index is 12.4. The van der Waals surface area contributed by atoms with Crippen molar-refractivity contribution >= 4 is 5.97 Å². The van der Waals surface area contributed by atoms with Gasteiger partial charge in [0.05, 0.1) is 0 Å². The molecule has 1 heterocycles. The van der Waals surface area contributed by atoms with E-state index >= 15 is 0 Å². The molecular weight excluding hydrogens is 247 g/mol. The van der Waals surface area contributed by atoms with Crippen LogP contribution in [-0.4, -0.2) is 30.3 Å². The summed E-state index contributed by atoms with van der Waals surface area (Å²) in [6.07, 6.45) is -3.60. The zero-order chi connectivity index (χ0) is 14.0. The molecule has 0 bridgehead atoms. The van der Waals surface area contributed by atoms with E-state index < -0.39 is 17.8 Å². The minimum Gasteiger partial charge on any atom is -0.460 e. The second kappa shape index (κ2) is 5.47. The first-order valence-electron chi connectivity index (χ1n) is 6.10. The molecule has 1 saturated heterocycles. The minimum absolute atomic E-state index is 0.0248. The molecule has 1 aliphatic heterocycles. The first kappa shape index (κ1) is 15.3. The van der Waals surface area contributed by atoms with Crippen molar-refractivity contribution in [3.8, 4) is 0 Å². The van der Waals surface area contributed by atoms with E-state index in [9.17, 15) is 18.0 Å². The predicted molar refractivity (Wildman–Crippen MR) is 61.0 cm³/mol. The number of carbonyl (C=O) groups is 1. The molecule has 1 fully saturated rings. The van der Waals surface area contributed by atoms with Crippen LogP contribution in [0.4, 0.5) is 13.2 Å². The van der Waals surface area contributed by atoms with Crippen LogP contribution in [0.15, 0.2) is 0 Å². The number of hydrogen-bond donors (Lipinski definition) is 1. The third-order valence-electron chi connectivity index (χ3n) is 2.79. The van der Waals surface area contributed by atoms with Gasteiger partial charge < -0.3 is 10.1 Å². The van der Waals surface area contributed by atoms with E-state index in [1.165, 1.54) is 0 Å². The topological polar surface area (TPSA) is 38.3 Å². The lowest BCUT2D eigenvalue weighted by molar-refractivity contribution is -0.164. The SMILES string of the molecule is CC(C)(C)OC(=O)C[C@@H]1CC[C@@H](C(F)(F)F)NC1. The molecule has 0 aromatic heterocycles. The molecule has 6 heteroatoms. The molecule has 18 heavy (non-hydrogen) atoms. The number of halogens is 3. The Balaban J connectivity index is 2.34. The molecule has 0 radical (unpaired) electrons. The standard InChI is InChI=1S/C12H20F3NO2/c1-11(2,3)18-10(17)6-8-4-5-9(16-7-8)12(13,14)15/h8-9,16H,4-7H2,1-3H3/t8-,9-/m0/s1. The van der Waals surface area contributed by atoms with Crippen LogP contribution < -0.4 is 5.32 Å². The quantitative estimate of drug-likeness (QED) is 0.782. The maximum absolute atomic E-state index is 12.4. The molecule has 0 aromatic rings. The van der Waals surface area contributed by atoms with Crippen molar-refractivity contribution in [2.75, 3.05) is 6.54 Å². The first-order valence-corrected chi connectivity index (χ1v) is 6.10. The minimum atomic E-state index is -4.20. The molecule has 1 rings (SSSR count). The molecule has 2 atom stereocenters. The van der Waals surface area contributed by atoms with E-state index in [4.69, 9.17) is 4.74 Å². The van der Waals surface area contributed by atoms with Crippen molar-refractivity contribution in [2.24, 2.45) is 5.92 Å². The second-order valence-electron chi connectivity index (χ2n) is 5.74. The zero-order valence-electron chi connectivity index (χ0n) is 10.9. The Morgan fingerprint density at radius 3 is 2.28 bits per heavy atom. The molecule has 106 valence electrons. The molecule has 0 saturated carbocycles. The predicted octanol–water partition coefficient (Wildman–Crippen LogP) is 2.65. The van der Waals surface area contributed by atoms with Gasteiger partial charge in [-0.2, -0.15) is 13.2 Å². The van der Waals surface area contributed by atoms with Crippen LogP contribution in [0.25, 0.3) is 0 Å². The number of hydrogen-bond acceptors (Lipinski definition) is 3. The van der Waals surface area contributed by atoms with Gasteiger partial charge in [-0.1, -0.05) is 0 Å². The Bertz CT molecular complexity index is 289. The number of carbonyl (C=O) groups excluding carboxylic acids is 1. The van der Waals surface area contributed by atoms with Crippen molar-refractivity contribution in [3.05, 3.63) is 0 Å². The summed E-state index contributed by atoms with van der Waals surface area (Å²) in [4.78, 5) is 11.5. The molecule has 3 nitrogen and oxygen atoms in total. The van der Waals surface area contributed by atoms with E-state index in [0.717, 1.165) is 0 Å². The van der Waals surface area contributed by atoms with Crippen molar-refractivity contribution in [1.29, 1.82) is 0 Å². The van der Waals surface area contributed by atoms with Crippen molar-refractivity contribution in [1.82, 2.24) is 5.32 Å². The van der Waals surface area contributed by atoms with E-state index in [-0.39, 0.29) is 31.3 Å². The smallest absolute Gasteiger partial charge is 0.403 e. The van der Waals surface area contributed by atoms with Gasteiger partial charge in [0.15, 0.2) is 0 Å². The van der Waals surface area contributed by atoms with Crippen LogP contribution in [0.2, 0.25) is 0 Å². The number of piperidine rings is 1. The Labute approximate surface area is 105 Å². The van der Waals surface area contributed by atoms with Crippen LogP contribution in [0.3, 0.4) is 0 Å². The summed E-state index contributed by atoms with van der Waals surface area (Å²) in [7, 11) is 0. The van der Waals surface area contributed by atoms with Crippen molar-refractivity contribution in [3.63, 3.8) is 0 Å². The molecular formula is C12H20F3NO2. The van der Waals surface area contributed by atoms with E-state index in [0.29, 0.717) is 6.42 Å². The molecule has 0 amide bonds. The van der Waals surface area contributed by atoms with Gasteiger partial charge in [-0.05, 0) is 46.1 Å². The highest BCUT2D eigenvalue weighted by Gasteiger charge is 2.41. The third kappa shape index (κ3) is 5.25. The van der Waals surface area contributed by atoms with Gasteiger partial charge >= 0.3 is 12.1 Å². The monoisotopic (exact) mass is 267 g/mol. The highest BCUT2D eigenvalue weighted by atomic mass is 19.4. The van der Waals surface area contributed by atoms with Gasteiger partial charge in [0.1, 0.15) is 11.6 Å². The van der Waals surface area contributed by atoms with E-state index in [2.05, 4.69) is 5.32 Å². The Kier molecular flexibility index (Phi) is 4.64. The van der Waals surface area contributed by atoms with Crippen LogP contribution in [-0.2, 0) is 9.53 Å². The van der Waals surface area contributed by atoms with Gasteiger partial charge in [-0.15, -0.1) is 0 Å². The van der Waals surface area contributed by atoms with Crippen LogP contribution >= 0.6 is 0 Å². The zero-order valence-corrected chi connectivity index (χ0v) is 10.9. The average Bonchev–Trinajstić information content (AvgIpc) is 2.13. The molecule has 0 unspecified atom stereocenters. The summed E-state index contributed by atoms with van der Waals surface area (Å²) >= 11 is 0. The second-order valence-corrected chi connectivity index (χ2v) is 5.74. The summed E-state index contributed by atoms with van der Waals surface area (Å²) in [6, 6.07) is -1.44. The first-order chi connectivity index (χ1) is 8.08. The summed E-state index contributed by atoms with van der Waals surface area (Å²) in [5.41, 5.74) is -0.548. The summed E-state index contributed by atoms with van der Waals surface area (Å²) < 4.78 is 42.3. The van der Waals surface area contributed by atoms with Gasteiger partial charge in [-0.25, -0.2) is 0 Å². The van der Waals surface area contributed by atoms with Crippen LogP contribution in [0.1, 0.15) is 40.0 Å². The molecule has 0 aliphatic carbocycles. The number of alkyl halides is 3. The van der Waals surface area contributed by atoms with E-state index in [1.807, 2.05) is 0 Å². The Morgan fingerprint density at radius 2 is 1.89 bits per heavy atom. The lowest BCUT2D eigenvalue weighted by atomic mass is 9.92. The van der Waals surface area contributed by atoms with Crippen molar-refractivity contribution < 1.29 is 22.7 Å². The Morgan fingerprint density at radius 1 is 1.28 bits per heavy atom. The summed E-state index contributed by atoms with van der Waals surface area (Å²) in [5.74, 6) is -0.418. The maximum Gasteiger partial charge on any atom is 0.403 e. The van der Waals surface area contributed by atoms with Gasteiger partial charge in [0.25, 0.3) is 0 Å². The normalized spacial score (nSPS) is 25.9. The number of rotatable bonds is 2. The molecule has 0 aromatic carbocycles. The number of esters is 1. The highest BCUT2D eigenvalue weighted by Crippen LogP contribution is 2.29. The number of nitrogens with one attached hydrogen (secondary N) is 1. The number of ether oxygens (including phenoxy) is 1. The third-order valence-corrected chi connectivity index (χ3v) is 2.79. The molecule has 1 aliphatic rings. The molecule has 0 spiro atoms. The average molecular weight is 267 g/mol. The lowest BCUT2D eigenvalue weighted by Gasteiger charge is -2.31. The van der Waals surface area contributed by atoms with E-state index in [1.54, 1.807) is 20.8 Å².